The van der Waals surface area contributed by atoms with Gasteiger partial charge in [0.15, 0.2) is 5.96 Å². The van der Waals surface area contributed by atoms with Crippen molar-refractivity contribution in [1.82, 2.24) is 30.3 Å². The Morgan fingerprint density at radius 1 is 1.44 bits per heavy atom. The number of alkyl carbamates (subject to hydrolysis) is 1. The van der Waals surface area contributed by atoms with E-state index < -0.39 is 5.60 Å². The van der Waals surface area contributed by atoms with Gasteiger partial charge in [-0.1, -0.05) is 6.92 Å². The summed E-state index contributed by atoms with van der Waals surface area (Å²) in [5.74, 6) is 1.81. The smallest absolute Gasteiger partial charge is 0.407 e. The number of carbonyl (C=O) groups is 1. The van der Waals surface area contributed by atoms with E-state index in [9.17, 15) is 4.79 Å². The van der Waals surface area contributed by atoms with Crippen LogP contribution in [0.2, 0.25) is 0 Å². The molecule has 1 aliphatic heterocycles. The molecule has 1 saturated heterocycles. The van der Waals surface area contributed by atoms with E-state index in [1.165, 1.54) is 0 Å². The number of nitrogens with one attached hydrogen (secondary N) is 2. The number of likely N-dealkylation sites (tertiary alicyclic amines) is 1. The van der Waals surface area contributed by atoms with Crippen molar-refractivity contribution in [1.29, 1.82) is 0 Å². The predicted octanol–water partition coefficient (Wildman–Crippen LogP) is 1.63. The maximum Gasteiger partial charge on any atom is 0.407 e. The van der Waals surface area contributed by atoms with Crippen LogP contribution in [0.5, 0.6) is 0 Å². The fraction of sp³-hybridized carbons (Fsp3) is 0.765. The number of nitrogens with zero attached hydrogens (tertiary/aromatic N) is 5. The largest absolute Gasteiger partial charge is 0.444 e. The van der Waals surface area contributed by atoms with Crippen molar-refractivity contribution in [3.8, 4) is 0 Å². The molecular weight excluding hydrogens is 461 g/mol. The quantitative estimate of drug-likeness (QED) is 0.368. The monoisotopic (exact) mass is 493 g/mol. The molecule has 0 saturated carbocycles. The number of guanidine groups is 1. The number of aromatic nitrogens is 3. The molecule has 9 nitrogen and oxygen atoms in total. The van der Waals surface area contributed by atoms with E-state index in [1.54, 1.807) is 13.4 Å². The van der Waals surface area contributed by atoms with Gasteiger partial charge in [0, 0.05) is 39.6 Å². The van der Waals surface area contributed by atoms with Crippen molar-refractivity contribution in [2.75, 3.05) is 26.7 Å². The van der Waals surface area contributed by atoms with Gasteiger partial charge in [-0.15, -0.1) is 34.2 Å². The van der Waals surface area contributed by atoms with Crippen LogP contribution in [0.3, 0.4) is 0 Å². The van der Waals surface area contributed by atoms with Gasteiger partial charge in [0.05, 0.1) is 6.04 Å². The van der Waals surface area contributed by atoms with Crippen LogP contribution in [0.25, 0.3) is 0 Å². The van der Waals surface area contributed by atoms with Gasteiger partial charge < -0.3 is 24.8 Å². The Morgan fingerprint density at radius 2 is 2.19 bits per heavy atom. The molecule has 0 bridgehead atoms. The highest BCUT2D eigenvalue weighted by atomic mass is 127. The van der Waals surface area contributed by atoms with Crippen LogP contribution in [0.1, 0.15) is 39.9 Å². The molecule has 1 unspecified atom stereocenters. The first-order valence-corrected chi connectivity index (χ1v) is 9.14. The molecule has 2 heterocycles. The minimum Gasteiger partial charge on any atom is -0.444 e. The number of ether oxygens (including phenoxy) is 1. The fourth-order valence-electron chi connectivity index (χ4n) is 2.90. The van der Waals surface area contributed by atoms with Gasteiger partial charge in [0.2, 0.25) is 0 Å². The molecule has 0 aliphatic carbocycles. The van der Waals surface area contributed by atoms with Crippen LogP contribution in [0, 0.1) is 0 Å². The van der Waals surface area contributed by atoms with E-state index in [0.717, 1.165) is 44.3 Å². The van der Waals surface area contributed by atoms with Crippen molar-refractivity contribution in [2.24, 2.45) is 4.99 Å². The summed E-state index contributed by atoms with van der Waals surface area (Å²) in [6, 6.07) is 0.0629. The SMILES string of the molecule is CCc1nncn1CCNC(=NC)N1CCC(NC(=O)OC(C)(C)C)C1.I. The molecule has 27 heavy (non-hydrogen) atoms. The van der Waals surface area contributed by atoms with Crippen molar-refractivity contribution in [2.45, 2.75) is 58.7 Å². The Balaban J connectivity index is 0.00000364. The minimum absolute atomic E-state index is 0. The second kappa shape index (κ2) is 10.7. The van der Waals surface area contributed by atoms with Gasteiger partial charge in [-0.25, -0.2) is 4.79 Å². The summed E-state index contributed by atoms with van der Waals surface area (Å²) in [6.07, 6.45) is 3.11. The van der Waals surface area contributed by atoms with E-state index in [-0.39, 0.29) is 36.1 Å². The topological polar surface area (TPSA) is 96.7 Å². The lowest BCUT2D eigenvalue weighted by Gasteiger charge is -2.23. The molecule has 1 amide bonds. The molecule has 1 aromatic rings. The highest BCUT2D eigenvalue weighted by molar-refractivity contribution is 14.0. The van der Waals surface area contributed by atoms with Crippen molar-refractivity contribution in [3.05, 3.63) is 12.2 Å². The molecule has 0 aromatic carbocycles. The van der Waals surface area contributed by atoms with Crippen molar-refractivity contribution in [3.63, 3.8) is 0 Å². The van der Waals surface area contributed by atoms with E-state index in [4.69, 9.17) is 4.74 Å². The lowest BCUT2D eigenvalue weighted by atomic mass is 10.2. The van der Waals surface area contributed by atoms with Gasteiger partial charge in [0.25, 0.3) is 0 Å². The number of rotatable bonds is 5. The Hall–Kier alpha value is -1.59. The molecule has 10 heteroatoms. The summed E-state index contributed by atoms with van der Waals surface area (Å²) in [6.45, 7) is 10.7. The zero-order chi connectivity index (χ0) is 19.2. The van der Waals surface area contributed by atoms with Crippen LogP contribution in [0.4, 0.5) is 4.79 Å². The number of hydrogen-bond donors (Lipinski definition) is 2. The first-order valence-electron chi connectivity index (χ1n) is 9.14. The predicted molar refractivity (Wildman–Crippen MR) is 116 cm³/mol. The van der Waals surface area contributed by atoms with Crippen LogP contribution in [-0.4, -0.2) is 70.0 Å². The van der Waals surface area contributed by atoms with E-state index in [2.05, 4.69) is 37.6 Å². The normalized spacial score (nSPS) is 17.4. The first-order chi connectivity index (χ1) is 12.3. The van der Waals surface area contributed by atoms with E-state index in [0.29, 0.717) is 6.54 Å². The Kier molecular flexibility index (Phi) is 9.27. The Bertz CT molecular complexity index is 627. The number of aryl methyl sites for hydroxylation is 1. The fourth-order valence-corrected chi connectivity index (χ4v) is 2.90. The zero-order valence-corrected chi connectivity index (χ0v) is 19.2. The van der Waals surface area contributed by atoms with E-state index in [1.807, 2.05) is 25.3 Å². The van der Waals surface area contributed by atoms with Crippen molar-refractivity contribution < 1.29 is 9.53 Å². The first kappa shape index (κ1) is 23.4. The summed E-state index contributed by atoms with van der Waals surface area (Å²) in [7, 11) is 1.77. The number of halogens is 1. The number of aliphatic imine (C=N–C) groups is 1. The summed E-state index contributed by atoms with van der Waals surface area (Å²) in [5.41, 5.74) is -0.487. The average Bonchev–Trinajstić information content (AvgIpc) is 3.18. The molecule has 1 aromatic heterocycles. The maximum atomic E-state index is 11.9. The zero-order valence-electron chi connectivity index (χ0n) is 16.9. The second-order valence-corrected chi connectivity index (χ2v) is 7.35. The van der Waals surface area contributed by atoms with Gasteiger partial charge in [-0.2, -0.15) is 0 Å². The highest BCUT2D eigenvalue weighted by Gasteiger charge is 2.27. The molecule has 1 atom stereocenters. The molecule has 1 aliphatic rings. The maximum absolute atomic E-state index is 11.9. The third-order valence-corrected chi connectivity index (χ3v) is 4.07. The van der Waals surface area contributed by atoms with E-state index >= 15 is 0 Å². The van der Waals surface area contributed by atoms with Gasteiger partial charge in [-0.3, -0.25) is 4.99 Å². The van der Waals surface area contributed by atoms with Crippen LogP contribution >= 0.6 is 24.0 Å². The number of carbonyl (C=O) groups excluding carboxylic acids is 1. The summed E-state index contributed by atoms with van der Waals surface area (Å²) in [5, 5.41) is 14.3. The summed E-state index contributed by atoms with van der Waals surface area (Å²) in [4.78, 5) is 18.4. The van der Waals surface area contributed by atoms with Gasteiger partial charge >= 0.3 is 6.09 Å². The van der Waals surface area contributed by atoms with Crippen molar-refractivity contribution >= 4 is 36.0 Å². The Morgan fingerprint density at radius 3 is 2.81 bits per heavy atom. The number of amides is 1. The van der Waals surface area contributed by atoms with Gasteiger partial charge in [-0.05, 0) is 27.2 Å². The lowest BCUT2D eigenvalue weighted by Crippen LogP contribution is -2.44. The third-order valence-electron chi connectivity index (χ3n) is 4.07. The molecule has 0 spiro atoms. The third kappa shape index (κ3) is 7.51. The molecule has 2 rings (SSSR count). The number of hydrogen-bond acceptors (Lipinski definition) is 5. The molecule has 2 N–H and O–H groups in total. The average molecular weight is 493 g/mol. The lowest BCUT2D eigenvalue weighted by molar-refractivity contribution is 0.0507. The molecule has 1 fully saturated rings. The van der Waals surface area contributed by atoms with Gasteiger partial charge in [0.1, 0.15) is 17.8 Å². The van der Waals surface area contributed by atoms with Crippen LogP contribution < -0.4 is 10.6 Å². The van der Waals surface area contributed by atoms with Crippen LogP contribution in [-0.2, 0) is 17.7 Å². The highest BCUT2D eigenvalue weighted by Crippen LogP contribution is 2.12. The standard InChI is InChI=1S/C17H31N7O2.HI/c1-6-14-22-20-12-24(14)10-8-19-15(18-5)23-9-7-13(11-23)21-16(25)26-17(2,3)4;/h12-13H,6-11H2,1-5H3,(H,18,19)(H,21,25);1H. The summed E-state index contributed by atoms with van der Waals surface area (Å²) >= 11 is 0. The second-order valence-electron chi connectivity index (χ2n) is 7.35. The molecule has 154 valence electrons. The Labute approximate surface area is 178 Å². The molecule has 0 radical (unpaired) electrons. The minimum atomic E-state index is -0.487. The van der Waals surface area contributed by atoms with Crippen LogP contribution in [0.15, 0.2) is 11.3 Å². The summed E-state index contributed by atoms with van der Waals surface area (Å²) < 4.78 is 7.36. The molecular formula is C17H32IN7O2.